The highest BCUT2D eigenvalue weighted by Gasteiger charge is 2.27. The highest BCUT2D eigenvalue weighted by molar-refractivity contribution is 5.90. The Hall–Kier alpha value is -2.05. The largest absolute Gasteiger partial charge is 0.405 e. The summed E-state index contributed by atoms with van der Waals surface area (Å²) in [4.78, 5) is 22.9. The zero-order valence-electron chi connectivity index (χ0n) is 12.3. The number of alkyl halides is 3. The Labute approximate surface area is 127 Å². The average molecular weight is 316 g/mol. The molecule has 4 nitrogen and oxygen atoms in total. The van der Waals surface area contributed by atoms with Gasteiger partial charge in [-0.3, -0.25) is 9.59 Å². The first-order valence-corrected chi connectivity index (χ1v) is 7.02. The molecule has 0 unspecified atom stereocenters. The van der Waals surface area contributed by atoms with E-state index < -0.39 is 18.6 Å². The number of hydrogen-bond acceptors (Lipinski definition) is 2. The van der Waals surface area contributed by atoms with E-state index >= 15 is 0 Å². The molecule has 0 aliphatic rings. The Morgan fingerprint density at radius 1 is 1.09 bits per heavy atom. The van der Waals surface area contributed by atoms with Crippen molar-refractivity contribution in [1.82, 2.24) is 5.32 Å². The predicted molar refractivity (Wildman–Crippen MR) is 77.4 cm³/mol. The molecular formula is C15H19F3N2O2. The number of nitrogens with one attached hydrogen (secondary N) is 2. The maximum absolute atomic E-state index is 12.0. The number of halogens is 3. The van der Waals surface area contributed by atoms with Crippen LogP contribution in [0.3, 0.4) is 0 Å². The van der Waals surface area contributed by atoms with E-state index in [0.29, 0.717) is 17.7 Å². The summed E-state index contributed by atoms with van der Waals surface area (Å²) >= 11 is 0. The Kier molecular flexibility index (Phi) is 6.88. The van der Waals surface area contributed by atoms with Crippen LogP contribution in [0.5, 0.6) is 0 Å². The third-order valence-electron chi connectivity index (χ3n) is 2.85. The van der Waals surface area contributed by atoms with E-state index in [0.717, 1.165) is 12.8 Å². The zero-order chi connectivity index (χ0) is 16.6. The third-order valence-corrected chi connectivity index (χ3v) is 2.85. The number of anilines is 1. The molecule has 1 rings (SSSR count). The van der Waals surface area contributed by atoms with Gasteiger partial charge in [-0.15, -0.1) is 0 Å². The minimum Gasteiger partial charge on any atom is -0.347 e. The number of carbonyl (C=O) groups is 2. The smallest absolute Gasteiger partial charge is 0.347 e. The molecule has 0 atom stereocenters. The lowest BCUT2D eigenvalue weighted by Crippen LogP contribution is -2.34. The fourth-order valence-corrected chi connectivity index (χ4v) is 1.71. The molecule has 0 saturated heterocycles. The molecule has 0 saturated carbocycles. The molecule has 0 heterocycles. The van der Waals surface area contributed by atoms with Crippen LogP contribution in [0.2, 0.25) is 0 Å². The Morgan fingerprint density at radius 2 is 1.73 bits per heavy atom. The summed E-state index contributed by atoms with van der Waals surface area (Å²) in [5.41, 5.74) is 1.17. The lowest BCUT2D eigenvalue weighted by atomic mass is 10.1. The van der Waals surface area contributed by atoms with Crippen molar-refractivity contribution >= 4 is 17.5 Å². The van der Waals surface area contributed by atoms with E-state index in [1.165, 1.54) is 0 Å². The molecule has 2 N–H and O–H groups in total. The second-order valence-corrected chi connectivity index (χ2v) is 4.92. The number of unbranched alkanes of at least 4 members (excludes halogenated alkanes) is 1. The van der Waals surface area contributed by atoms with Gasteiger partial charge >= 0.3 is 6.18 Å². The van der Waals surface area contributed by atoms with E-state index in [-0.39, 0.29) is 12.3 Å². The summed E-state index contributed by atoms with van der Waals surface area (Å²) in [7, 11) is 0. The van der Waals surface area contributed by atoms with Crippen LogP contribution >= 0.6 is 0 Å². The standard InChI is InChI=1S/C15H19F3N2O2/c1-2-3-4-13(21)20-12-7-5-11(6-8-12)9-14(22)19-10-15(16,17)18/h5-8H,2-4,9-10H2,1H3,(H,19,22)(H,20,21). The average Bonchev–Trinajstić information content (AvgIpc) is 2.44. The third kappa shape index (κ3) is 7.66. The highest BCUT2D eigenvalue weighted by atomic mass is 19.4. The van der Waals surface area contributed by atoms with Crippen LogP contribution in [0.15, 0.2) is 24.3 Å². The zero-order valence-corrected chi connectivity index (χ0v) is 12.3. The monoisotopic (exact) mass is 316 g/mol. The lowest BCUT2D eigenvalue weighted by Gasteiger charge is -2.09. The number of benzene rings is 1. The van der Waals surface area contributed by atoms with Gasteiger partial charge in [-0.25, -0.2) is 0 Å². The molecular weight excluding hydrogens is 297 g/mol. The van der Waals surface area contributed by atoms with Gasteiger partial charge in [0.1, 0.15) is 6.54 Å². The molecule has 22 heavy (non-hydrogen) atoms. The van der Waals surface area contributed by atoms with Crippen LogP contribution < -0.4 is 10.6 Å². The van der Waals surface area contributed by atoms with E-state index in [2.05, 4.69) is 5.32 Å². The number of amides is 2. The van der Waals surface area contributed by atoms with Gasteiger partial charge in [-0.05, 0) is 24.1 Å². The molecule has 2 amide bonds. The van der Waals surface area contributed by atoms with Crippen LogP contribution in [0.1, 0.15) is 31.7 Å². The number of rotatable bonds is 7. The van der Waals surface area contributed by atoms with Crippen molar-refractivity contribution in [3.63, 3.8) is 0 Å². The van der Waals surface area contributed by atoms with E-state index in [4.69, 9.17) is 0 Å². The molecule has 0 bridgehead atoms. The maximum atomic E-state index is 12.0. The second kappa shape index (κ2) is 8.41. The van der Waals surface area contributed by atoms with Gasteiger partial charge in [0.15, 0.2) is 0 Å². The first-order valence-electron chi connectivity index (χ1n) is 7.02. The van der Waals surface area contributed by atoms with Crippen molar-refractivity contribution in [3.05, 3.63) is 29.8 Å². The van der Waals surface area contributed by atoms with E-state index in [1.54, 1.807) is 24.3 Å². The Balaban J connectivity index is 2.44. The molecule has 0 aliphatic carbocycles. The van der Waals surface area contributed by atoms with Gasteiger partial charge in [0, 0.05) is 12.1 Å². The van der Waals surface area contributed by atoms with Gasteiger partial charge in [-0.1, -0.05) is 25.5 Å². The van der Waals surface area contributed by atoms with Crippen molar-refractivity contribution in [1.29, 1.82) is 0 Å². The van der Waals surface area contributed by atoms with Gasteiger partial charge < -0.3 is 10.6 Å². The van der Waals surface area contributed by atoms with Gasteiger partial charge in [-0.2, -0.15) is 13.2 Å². The van der Waals surface area contributed by atoms with Gasteiger partial charge in [0.05, 0.1) is 6.42 Å². The number of hydrogen-bond donors (Lipinski definition) is 2. The normalized spacial score (nSPS) is 11.1. The fraction of sp³-hybridized carbons (Fsp3) is 0.467. The minimum atomic E-state index is -4.41. The maximum Gasteiger partial charge on any atom is 0.405 e. The van der Waals surface area contributed by atoms with E-state index in [9.17, 15) is 22.8 Å². The molecule has 1 aromatic carbocycles. The summed E-state index contributed by atoms with van der Waals surface area (Å²) < 4.78 is 35.9. The van der Waals surface area contributed by atoms with Crippen molar-refractivity contribution < 1.29 is 22.8 Å². The first kappa shape index (κ1) is 18.0. The second-order valence-electron chi connectivity index (χ2n) is 4.92. The number of carbonyl (C=O) groups excluding carboxylic acids is 2. The SMILES string of the molecule is CCCCC(=O)Nc1ccc(CC(=O)NCC(F)(F)F)cc1. The van der Waals surface area contributed by atoms with Gasteiger partial charge in [0.25, 0.3) is 0 Å². The summed E-state index contributed by atoms with van der Waals surface area (Å²) in [6, 6.07) is 6.44. The van der Waals surface area contributed by atoms with Crippen LogP contribution in [0.25, 0.3) is 0 Å². The quantitative estimate of drug-likeness (QED) is 0.812. The molecule has 0 aromatic heterocycles. The summed E-state index contributed by atoms with van der Waals surface area (Å²) in [5.74, 6) is -0.783. The van der Waals surface area contributed by atoms with Crippen molar-refractivity contribution in [2.24, 2.45) is 0 Å². The summed E-state index contributed by atoms with van der Waals surface area (Å²) in [5, 5.41) is 4.52. The molecule has 122 valence electrons. The topological polar surface area (TPSA) is 58.2 Å². The predicted octanol–water partition coefficient (Wildman–Crippen LogP) is 3.04. The van der Waals surface area contributed by atoms with Crippen LogP contribution in [-0.4, -0.2) is 24.5 Å². The van der Waals surface area contributed by atoms with Crippen molar-refractivity contribution in [3.8, 4) is 0 Å². The minimum absolute atomic E-state index is 0.0856. The highest BCUT2D eigenvalue weighted by Crippen LogP contribution is 2.13. The van der Waals surface area contributed by atoms with Crippen molar-refractivity contribution in [2.45, 2.75) is 38.8 Å². The van der Waals surface area contributed by atoms with Crippen LogP contribution in [0.4, 0.5) is 18.9 Å². The molecule has 7 heteroatoms. The van der Waals surface area contributed by atoms with Crippen LogP contribution in [0, 0.1) is 0 Å². The fourth-order valence-electron chi connectivity index (χ4n) is 1.71. The molecule has 0 fully saturated rings. The molecule has 1 aromatic rings. The summed E-state index contributed by atoms with van der Waals surface area (Å²) in [6.07, 6.45) is -2.37. The Bertz CT molecular complexity index is 499. The van der Waals surface area contributed by atoms with Crippen LogP contribution in [-0.2, 0) is 16.0 Å². The summed E-state index contributed by atoms with van der Waals surface area (Å²) in [6.45, 7) is 0.656. The first-order chi connectivity index (χ1) is 10.3. The Morgan fingerprint density at radius 3 is 2.27 bits per heavy atom. The molecule has 0 radical (unpaired) electrons. The van der Waals surface area contributed by atoms with E-state index in [1.807, 2.05) is 12.2 Å². The molecule has 0 aliphatic heterocycles. The lowest BCUT2D eigenvalue weighted by molar-refractivity contribution is -0.138. The van der Waals surface area contributed by atoms with Crippen molar-refractivity contribution in [2.75, 3.05) is 11.9 Å². The van der Waals surface area contributed by atoms with Gasteiger partial charge in [0.2, 0.25) is 11.8 Å². The molecule has 0 spiro atoms.